The standard InChI is InChI=1S/C13H12ClNOS/c1-9(16)8-17-11-7-15-13(12(11)14)10-5-3-2-4-6-10/h2-6H,7-8H2,1H3. The second kappa shape index (κ2) is 5.52. The number of aliphatic imine (C=N–C) groups is 1. The molecule has 0 spiro atoms. The van der Waals surface area contributed by atoms with E-state index >= 15 is 0 Å². The molecule has 0 N–H and O–H groups in total. The van der Waals surface area contributed by atoms with Crippen molar-refractivity contribution in [2.24, 2.45) is 4.99 Å². The molecular weight excluding hydrogens is 254 g/mol. The van der Waals surface area contributed by atoms with Crippen molar-refractivity contribution in [3.8, 4) is 0 Å². The summed E-state index contributed by atoms with van der Waals surface area (Å²) in [5.41, 5.74) is 1.86. The monoisotopic (exact) mass is 265 g/mol. The van der Waals surface area contributed by atoms with Gasteiger partial charge < -0.3 is 0 Å². The van der Waals surface area contributed by atoms with E-state index in [2.05, 4.69) is 4.99 Å². The number of ketones is 1. The van der Waals surface area contributed by atoms with Crippen LogP contribution in [0.3, 0.4) is 0 Å². The van der Waals surface area contributed by atoms with Crippen molar-refractivity contribution >= 4 is 34.9 Å². The lowest BCUT2D eigenvalue weighted by Gasteiger charge is -2.02. The molecule has 0 radical (unpaired) electrons. The first-order valence-corrected chi connectivity index (χ1v) is 6.66. The Kier molecular flexibility index (Phi) is 4.02. The molecule has 0 aromatic heterocycles. The van der Waals surface area contributed by atoms with Gasteiger partial charge in [-0.05, 0) is 6.92 Å². The fraction of sp³-hybridized carbons (Fsp3) is 0.231. The van der Waals surface area contributed by atoms with E-state index in [9.17, 15) is 4.79 Å². The minimum atomic E-state index is 0.153. The summed E-state index contributed by atoms with van der Waals surface area (Å²) < 4.78 is 0. The number of hydrogen-bond donors (Lipinski definition) is 0. The van der Waals surface area contributed by atoms with Gasteiger partial charge in [0.25, 0.3) is 0 Å². The maximum absolute atomic E-state index is 10.9. The number of hydrogen-bond acceptors (Lipinski definition) is 3. The Labute approximate surface area is 110 Å². The van der Waals surface area contributed by atoms with E-state index in [-0.39, 0.29) is 5.78 Å². The van der Waals surface area contributed by atoms with Crippen LogP contribution in [0.1, 0.15) is 12.5 Å². The van der Waals surface area contributed by atoms with Gasteiger partial charge in [-0.1, -0.05) is 41.9 Å². The highest BCUT2D eigenvalue weighted by atomic mass is 35.5. The maximum atomic E-state index is 10.9. The van der Waals surface area contributed by atoms with E-state index in [0.717, 1.165) is 16.2 Å². The molecule has 0 bridgehead atoms. The summed E-state index contributed by atoms with van der Waals surface area (Å²) in [6, 6.07) is 9.85. The molecular formula is C13H12ClNOS. The zero-order chi connectivity index (χ0) is 12.3. The fourth-order valence-corrected chi connectivity index (χ4v) is 2.68. The highest BCUT2D eigenvalue weighted by Gasteiger charge is 2.19. The highest BCUT2D eigenvalue weighted by Crippen LogP contribution is 2.30. The van der Waals surface area contributed by atoms with Crippen LogP contribution < -0.4 is 0 Å². The number of carbonyl (C=O) groups is 1. The number of nitrogens with zero attached hydrogens (tertiary/aromatic N) is 1. The maximum Gasteiger partial charge on any atom is 0.140 e. The second-order valence-electron chi connectivity index (χ2n) is 3.76. The van der Waals surface area contributed by atoms with Crippen LogP contribution in [0.5, 0.6) is 0 Å². The Morgan fingerprint density at radius 1 is 1.41 bits per heavy atom. The number of rotatable bonds is 4. The van der Waals surface area contributed by atoms with Crippen LogP contribution in [0.25, 0.3) is 0 Å². The van der Waals surface area contributed by atoms with E-state index in [1.54, 1.807) is 6.92 Å². The molecule has 1 heterocycles. The number of Topliss-reactive ketones (excluding diaryl/α,β-unsaturated/α-hetero) is 1. The average molecular weight is 266 g/mol. The van der Waals surface area contributed by atoms with Crippen LogP contribution in [0.4, 0.5) is 0 Å². The lowest BCUT2D eigenvalue weighted by molar-refractivity contribution is -0.114. The number of halogens is 1. The predicted octanol–water partition coefficient (Wildman–Crippen LogP) is 3.26. The topological polar surface area (TPSA) is 29.4 Å². The summed E-state index contributed by atoms with van der Waals surface area (Å²) in [5.74, 6) is 0.614. The van der Waals surface area contributed by atoms with Crippen molar-refractivity contribution < 1.29 is 4.79 Å². The zero-order valence-corrected chi connectivity index (χ0v) is 11.0. The number of allylic oxidation sites excluding steroid dienone is 1. The molecule has 17 heavy (non-hydrogen) atoms. The van der Waals surface area contributed by atoms with Crippen molar-refractivity contribution in [1.29, 1.82) is 0 Å². The molecule has 0 saturated heterocycles. The Morgan fingerprint density at radius 2 is 2.12 bits per heavy atom. The lowest BCUT2D eigenvalue weighted by atomic mass is 10.1. The molecule has 88 valence electrons. The smallest absolute Gasteiger partial charge is 0.140 e. The van der Waals surface area contributed by atoms with Gasteiger partial charge in [-0.15, -0.1) is 11.8 Å². The van der Waals surface area contributed by atoms with Gasteiger partial charge in [0.15, 0.2) is 0 Å². The minimum absolute atomic E-state index is 0.153. The molecule has 1 aromatic carbocycles. The lowest BCUT2D eigenvalue weighted by Crippen LogP contribution is -1.98. The zero-order valence-electron chi connectivity index (χ0n) is 9.44. The van der Waals surface area contributed by atoms with E-state index in [4.69, 9.17) is 11.6 Å². The number of benzene rings is 1. The van der Waals surface area contributed by atoms with E-state index in [0.29, 0.717) is 17.3 Å². The van der Waals surface area contributed by atoms with Gasteiger partial charge in [0.2, 0.25) is 0 Å². The van der Waals surface area contributed by atoms with Gasteiger partial charge in [-0.2, -0.15) is 0 Å². The summed E-state index contributed by atoms with van der Waals surface area (Å²) in [7, 11) is 0. The van der Waals surface area contributed by atoms with Gasteiger partial charge in [0.1, 0.15) is 5.78 Å². The largest absolute Gasteiger partial charge is 0.299 e. The third kappa shape index (κ3) is 2.99. The SMILES string of the molecule is CC(=O)CSC1=C(Cl)C(c2ccccc2)=NC1. The molecule has 2 rings (SSSR count). The summed E-state index contributed by atoms with van der Waals surface area (Å²) in [4.78, 5) is 16.3. The van der Waals surface area contributed by atoms with Crippen molar-refractivity contribution in [2.45, 2.75) is 6.92 Å². The quantitative estimate of drug-likeness (QED) is 0.836. The van der Waals surface area contributed by atoms with Gasteiger partial charge in [0, 0.05) is 10.5 Å². The molecule has 0 aliphatic carbocycles. The number of thioether (sulfide) groups is 1. The predicted molar refractivity (Wildman–Crippen MR) is 73.9 cm³/mol. The highest BCUT2D eigenvalue weighted by molar-refractivity contribution is 8.03. The van der Waals surface area contributed by atoms with Crippen molar-refractivity contribution in [2.75, 3.05) is 12.3 Å². The first-order chi connectivity index (χ1) is 8.18. The summed E-state index contributed by atoms with van der Waals surface area (Å²) in [6.45, 7) is 2.16. The molecule has 1 aromatic rings. The fourth-order valence-electron chi connectivity index (χ4n) is 1.53. The third-order valence-electron chi connectivity index (χ3n) is 2.33. The van der Waals surface area contributed by atoms with Gasteiger partial charge in [-0.3, -0.25) is 9.79 Å². The molecule has 0 unspecified atom stereocenters. The van der Waals surface area contributed by atoms with Gasteiger partial charge >= 0.3 is 0 Å². The average Bonchev–Trinajstić information content (AvgIpc) is 2.69. The molecule has 1 aliphatic heterocycles. The molecule has 0 amide bonds. The van der Waals surface area contributed by atoms with E-state index < -0.39 is 0 Å². The molecule has 0 fully saturated rings. The minimum Gasteiger partial charge on any atom is -0.299 e. The normalized spacial score (nSPS) is 15.1. The van der Waals surface area contributed by atoms with Gasteiger partial charge in [0.05, 0.1) is 23.0 Å². The molecule has 0 saturated carbocycles. The molecule has 1 aliphatic rings. The van der Waals surface area contributed by atoms with Crippen molar-refractivity contribution in [1.82, 2.24) is 0 Å². The third-order valence-corrected chi connectivity index (χ3v) is 4.08. The van der Waals surface area contributed by atoms with Crippen LogP contribution in [-0.4, -0.2) is 23.8 Å². The van der Waals surface area contributed by atoms with Gasteiger partial charge in [-0.25, -0.2) is 0 Å². The van der Waals surface area contributed by atoms with Crippen LogP contribution in [-0.2, 0) is 4.79 Å². The van der Waals surface area contributed by atoms with Crippen LogP contribution in [0.2, 0.25) is 0 Å². The first kappa shape index (κ1) is 12.4. The summed E-state index contributed by atoms with van der Waals surface area (Å²) in [5, 5.41) is 0.683. The Morgan fingerprint density at radius 3 is 2.76 bits per heavy atom. The van der Waals surface area contributed by atoms with Crippen LogP contribution in [0.15, 0.2) is 45.3 Å². The Balaban J connectivity index is 2.15. The van der Waals surface area contributed by atoms with Crippen molar-refractivity contribution in [3.63, 3.8) is 0 Å². The number of carbonyl (C=O) groups excluding carboxylic acids is 1. The second-order valence-corrected chi connectivity index (χ2v) is 5.21. The first-order valence-electron chi connectivity index (χ1n) is 5.29. The molecule has 0 atom stereocenters. The molecule has 4 heteroatoms. The Hall–Kier alpha value is -1.06. The molecule has 2 nitrogen and oxygen atoms in total. The van der Waals surface area contributed by atoms with E-state index in [1.807, 2.05) is 30.3 Å². The Bertz CT molecular complexity index is 493. The van der Waals surface area contributed by atoms with E-state index in [1.165, 1.54) is 11.8 Å². The summed E-state index contributed by atoms with van der Waals surface area (Å²) in [6.07, 6.45) is 0. The van der Waals surface area contributed by atoms with Crippen LogP contribution >= 0.6 is 23.4 Å². The van der Waals surface area contributed by atoms with Crippen molar-refractivity contribution in [3.05, 3.63) is 45.8 Å². The van der Waals surface area contributed by atoms with Crippen LogP contribution in [0, 0.1) is 0 Å². The summed E-state index contributed by atoms with van der Waals surface area (Å²) >= 11 is 7.76.